The molecule has 0 heterocycles. The van der Waals surface area contributed by atoms with E-state index in [0.717, 1.165) is 0 Å². The van der Waals surface area contributed by atoms with Crippen molar-refractivity contribution in [2.45, 2.75) is 0 Å². The number of hydrogen-bond donors (Lipinski definition) is 0. The molecule has 54 valence electrons. The molecule has 0 aromatic rings. The normalized spacial score (nSPS) is 15.1. The van der Waals surface area contributed by atoms with Gasteiger partial charge in [-0.05, 0) is 0 Å². The maximum atomic E-state index is 9.90. The molecule has 8 heteroatoms. The molecule has 0 saturated heterocycles. The fourth-order valence-corrected chi connectivity index (χ4v) is 0. The van der Waals surface area contributed by atoms with E-state index in [2.05, 4.69) is 11.9 Å². The van der Waals surface area contributed by atoms with Gasteiger partial charge in [-0.1, -0.05) is 0 Å². The molecule has 0 rings (SSSR count). The Balaban J connectivity index is 0. The van der Waals surface area contributed by atoms with Crippen LogP contribution in [0.4, 0.5) is 14.5 Å². The molecule has 0 aromatic carbocycles. The monoisotopic (exact) mass is 276 g/mol. The van der Waals surface area contributed by atoms with Crippen LogP contribution in [-0.2, 0) is 0 Å². The van der Waals surface area contributed by atoms with Crippen molar-refractivity contribution in [2.75, 3.05) is 0 Å². The van der Waals surface area contributed by atoms with Gasteiger partial charge in [-0.25, -0.2) is 11.9 Å². The Morgan fingerprint density at radius 1 is 0.875 bits per heavy atom. The average molecular weight is 274 g/mol. The van der Waals surface area contributed by atoms with Gasteiger partial charge in [0.25, 0.3) is 0 Å². The van der Waals surface area contributed by atoms with Gasteiger partial charge in [0.1, 0.15) is 0 Å². The zero-order valence-electron chi connectivity index (χ0n) is 3.08. The molecule has 0 atom stereocenters. The van der Waals surface area contributed by atoms with E-state index in [9.17, 15) is 14.5 Å². The van der Waals surface area contributed by atoms with Gasteiger partial charge < -0.3 is 4.66 Å². The van der Waals surface area contributed by atoms with Crippen LogP contribution in [0.3, 0.4) is 0 Å². The molecule has 0 radical (unpaired) electrons. The summed E-state index contributed by atoms with van der Waals surface area (Å²) in [5.41, 5.74) is 0. The van der Waals surface area contributed by atoms with Crippen molar-refractivity contribution in [2.24, 2.45) is 0 Å². The molecular formula is ClF5OTe. The van der Waals surface area contributed by atoms with Gasteiger partial charge in [-0.2, -0.15) is 0 Å². The van der Waals surface area contributed by atoms with Gasteiger partial charge in [-0.3, -0.25) is 0 Å². The van der Waals surface area contributed by atoms with Crippen LogP contribution in [0.25, 0.3) is 0 Å². The van der Waals surface area contributed by atoms with Crippen LogP contribution in [0.2, 0.25) is 0 Å². The third-order valence-corrected chi connectivity index (χ3v) is 0. The van der Waals surface area contributed by atoms with E-state index in [1.807, 2.05) is 0 Å². The van der Waals surface area contributed by atoms with E-state index in [1.54, 1.807) is 0 Å². The standard InChI is InChI=1S/ClO.F5Te/c1-2;1-6(2,3,4)5/q-1;+1. The Kier molecular flexibility index (Phi) is 4.32. The molecule has 0 aliphatic heterocycles. The maximum absolute atomic E-state index is 9.90. The van der Waals surface area contributed by atoms with Crippen LogP contribution in [0, 0.1) is 0 Å². The van der Waals surface area contributed by atoms with E-state index in [4.69, 9.17) is 4.66 Å². The van der Waals surface area contributed by atoms with Gasteiger partial charge in [0.15, 0.2) is 0 Å². The van der Waals surface area contributed by atoms with E-state index in [1.165, 1.54) is 0 Å². The molecule has 0 aliphatic rings. The summed E-state index contributed by atoms with van der Waals surface area (Å²) in [7, 11) is 0. The van der Waals surface area contributed by atoms with Crippen LogP contribution in [-0.4, -0.2) is 19.6 Å². The van der Waals surface area contributed by atoms with Gasteiger partial charge in [0.2, 0.25) is 0 Å². The summed E-state index contributed by atoms with van der Waals surface area (Å²) < 4.78 is 57.2. The largest absolute Gasteiger partial charge is 0.769 e. The van der Waals surface area contributed by atoms with Crippen molar-refractivity contribution in [3.63, 3.8) is 0 Å². The Hall–Kier alpha value is 0.690. The quantitative estimate of drug-likeness (QED) is 0.481. The van der Waals surface area contributed by atoms with Crippen molar-refractivity contribution in [1.29, 1.82) is 0 Å². The summed E-state index contributed by atoms with van der Waals surface area (Å²) in [5, 5.41) is 0. The third-order valence-electron chi connectivity index (χ3n) is 0. The second kappa shape index (κ2) is 3.01. The molecule has 0 fully saturated rings. The average Bonchev–Trinajstić information content (AvgIpc) is 1.33. The fraction of sp³-hybridized carbons (Fsp3) is 0. The number of halogens is 6. The van der Waals surface area contributed by atoms with Crippen molar-refractivity contribution >= 4 is 31.5 Å². The third kappa shape index (κ3) is 455. The fourth-order valence-electron chi connectivity index (χ4n) is 0. The molecule has 0 unspecified atom stereocenters. The predicted molar refractivity (Wildman–Crippen MR) is 17.1 cm³/mol. The van der Waals surface area contributed by atoms with Crippen molar-refractivity contribution in [3.8, 4) is 0 Å². The zero-order chi connectivity index (χ0) is 7.45. The van der Waals surface area contributed by atoms with Crippen LogP contribution in [0.5, 0.6) is 0 Å². The van der Waals surface area contributed by atoms with E-state index < -0.39 is 19.6 Å². The molecule has 0 amide bonds. The van der Waals surface area contributed by atoms with Gasteiger partial charge in [-0.15, -0.1) is 0 Å². The topological polar surface area (TPSA) is 23.1 Å². The minimum absolute atomic E-state index is 3.39. The molecule has 8 heavy (non-hydrogen) atoms. The Labute approximate surface area is 51.1 Å². The van der Waals surface area contributed by atoms with Gasteiger partial charge in [0, 0.05) is 0 Å². The summed E-state index contributed by atoms with van der Waals surface area (Å²) in [5.74, 6) is 0. The molecule has 0 saturated carbocycles. The summed E-state index contributed by atoms with van der Waals surface area (Å²) >= 11 is -5.73. The molecule has 0 aromatic heterocycles. The van der Waals surface area contributed by atoms with Crippen LogP contribution in [0.15, 0.2) is 0 Å². The SMILES string of the molecule is F[Te+](F)(F)(F)F.[O-]Cl. The van der Waals surface area contributed by atoms with Crippen LogP contribution < -0.4 is 4.66 Å². The van der Waals surface area contributed by atoms with Gasteiger partial charge >= 0.3 is 34.1 Å². The first-order valence-electron chi connectivity index (χ1n) is 0.926. The Morgan fingerprint density at radius 2 is 0.875 bits per heavy atom. The van der Waals surface area contributed by atoms with Crippen LogP contribution >= 0.6 is 11.9 Å². The van der Waals surface area contributed by atoms with E-state index >= 15 is 0 Å². The second-order valence-corrected chi connectivity index (χ2v) is 3.91. The summed E-state index contributed by atoms with van der Waals surface area (Å²) in [6.45, 7) is 0. The van der Waals surface area contributed by atoms with Crippen LogP contribution in [0.1, 0.15) is 0 Å². The maximum Gasteiger partial charge on any atom is -0.231 e. The number of rotatable bonds is 0. The molecule has 1 nitrogen and oxygen atoms in total. The Morgan fingerprint density at radius 3 is 0.875 bits per heavy atom. The Bertz CT molecular complexity index is 45.6. The van der Waals surface area contributed by atoms with E-state index in [0.29, 0.717) is 0 Å². The summed E-state index contributed by atoms with van der Waals surface area (Å²) in [6.07, 6.45) is 0. The molecule has 0 N–H and O–H groups in total. The molecule has 0 bridgehead atoms. The first-order valence-corrected chi connectivity index (χ1v) is 5.64. The molecule has 0 aliphatic carbocycles. The molecule has 0 spiro atoms. The van der Waals surface area contributed by atoms with E-state index in [-0.39, 0.29) is 0 Å². The predicted octanol–water partition coefficient (Wildman–Crippen LogP) is 1.22. The van der Waals surface area contributed by atoms with Crippen molar-refractivity contribution < 1.29 is 19.1 Å². The van der Waals surface area contributed by atoms with Crippen molar-refractivity contribution in [3.05, 3.63) is 0 Å². The van der Waals surface area contributed by atoms with Gasteiger partial charge in [0.05, 0.1) is 0 Å². The minimum Gasteiger partial charge on any atom is -0.769 e. The minimum atomic E-state index is -9.12. The zero-order valence-corrected chi connectivity index (χ0v) is 6.17. The smallest absolute Gasteiger partial charge is 0.231 e. The first-order chi connectivity index (χ1) is 3.24. The summed E-state index contributed by atoms with van der Waals surface area (Å²) in [6, 6.07) is 0. The second-order valence-electron chi connectivity index (χ2n) is 0.583. The van der Waals surface area contributed by atoms with Crippen molar-refractivity contribution in [1.82, 2.24) is 0 Å². The number of hydrogen-bond acceptors (Lipinski definition) is 1. The molecular weight excluding hydrogens is 274 g/mol. The first kappa shape index (κ1) is 11.5. The summed E-state index contributed by atoms with van der Waals surface area (Å²) in [4.78, 5) is 0.